The van der Waals surface area contributed by atoms with E-state index >= 15 is 0 Å². The molecule has 0 heterocycles. The number of aliphatic hydroxyl groups excluding tert-OH is 1. The fraction of sp³-hybridized carbons (Fsp3) is 0.250. The number of alkyl halides is 7. The fourth-order valence-corrected chi connectivity index (χ4v) is 1.40. The lowest BCUT2D eigenvalue weighted by Gasteiger charge is -2.27. The molecule has 0 unspecified atom stereocenters. The van der Waals surface area contributed by atoms with E-state index in [2.05, 4.69) is 0 Å². The minimum absolute atomic E-state index is 0.190. The van der Waals surface area contributed by atoms with Crippen molar-refractivity contribution in [1.82, 2.24) is 0 Å². The molecule has 0 aliphatic heterocycles. The molecule has 0 radical (unpaired) electrons. The van der Waals surface area contributed by atoms with Gasteiger partial charge in [-0.15, -0.1) is 0 Å². The van der Waals surface area contributed by atoms with Crippen LogP contribution in [0, 0.1) is 11.6 Å². The third-order valence-corrected chi connectivity index (χ3v) is 2.60. The van der Waals surface area contributed by atoms with E-state index in [1.807, 2.05) is 0 Å². The summed E-state index contributed by atoms with van der Waals surface area (Å²) in [5, 5.41) is 9.25. The van der Waals surface area contributed by atoms with Gasteiger partial charge in [-0.25, -0.2) is 13.2 Å². The number of rotatable bonds is 3. The number of ketones is 1. The fourth-order valence-electron chi connectivity index (χ4n) is 1.40. The molecule has 0 fully saturated rings. The van der Waals surface area contributed by atoms with Crippen LogP contribution >= 0.6 is 0 Å². The summed E-state index contributed by atoms with van der Waals surface area (Å²) in [5.74, 6) is -7.81. The van der Waals surface area contributed by atoms with Gasteiger partial charge in [0.1, 0.15) is 5.76 Å². The number of allylic oxidation sites excluding steroid dienone is 1. The van der Waals surface area contributed by atoms with Crippen LogP contribution in [0.1, 0.15) is 5.56 Å². The van der Waals surface area contributed by atoms with Gasteiger partial charge in [0.25, 0.3) is 0 Å². The van der Waals surface area contributed by atoms with E-state index in [-0.39, 0.29) is 6.07 Å². The van der Waals surface area contributed by atoms with E-state index in [0.29, 0.717) is 12.1 Å². The largest absolute Gasteiger partial charge is 0.507 e. The Hall–Kier alpha value is -2.20. The maximum atomic E-state index is 13.3. The Labute approximate surface area is 121 Å². The molecule has 23 heavy (non-hydrogen) atoms. The van der Waals surface area contributed by atoms with Gasteiger partial charge >= 0.3 is 18.0 Å². The number of carbonyl (C=O) groups is 1. The van der Waals surface area contributed by atoms with Crippen molar-refractivity contribution in [3.63, 3.8) is 0 Å². The van der Waals surface area contributed by atoms with Gasteiger partial charge in [-0.1, -0.05) is 0 Å². The molecule has 0 spiro atoms. The van der Waals surface area contributed by atoms with Crippen molar-refractivity contribution in [2.75, 3.05) is 0 Å². The molecule has 0 atom stereocenters. The summed E-state index contributed by atoms with van der Waals surface area (Å²) in [7, 11) is 0. The van der Waals surface area contributed by atoms with Gasteiger partial charge in [0, 0.05) is 11.6 Å². The molecule has 2 nitrogen and oxygen atoms in total. The summed E-state index contributed by atoms with van der Waals surface area (Å²) in [5.41, 5.74) is -7.09. The van der Waals surface area contributed by atoms with Gasteiger partial charge in [-0.2, -0.15) is 26.3 Å². The third kappa shape index (κ3) is 3.42. The summed E-state index contributed by atoms with van der Waals surface area (Å²) in [6.45, 7) is 0. The highest BCUT2D eigenvalue weighted by Gasteiger charge is 2.76. The first kappa shape index (κ1) is 18.8. The van der Waals surface area contributed by atoms with Crippen molar-refractivity contribution in [3.8, 4) is 0 Å². The van der Waals surface area contributed by atoms with Crippen LogP contribution in [0.5, 0.6) is 0 Å². The summed E-state index contributed by atoms with van der Waals surface area (Å²) in [4.78, 5) is 11.1. The third-order valence-electron chi connectivity index (χ3n) is 2.60. The molecule has 0 aliphatic rings. The van der Waals surface area contributed by atoms with E-state index in [0.717, 1.165) is 0 Å². The number of halogens is 9. The molecule has 0 aliphatic carbocycles. The van der Waals surface area contributed by atoms with Crippen molar-refractivity contribution in [2.24, 2.45) is 0 Å². The highest BCUT2D eigenvalue weighted by atomic mass is 19.4. The lowest BCUT2D eigenvalue weighted by molar-refractivity contribution is -0.323. The number of hydrogen-bond acceptors (Lipinski definition) is 2. The molecule has 128 valence electrons. The van der Waals surface area contributed by atoms with Crippen molar-refractivity contribution in [3.05, 3.63) is 41.5 Å². The topological polar surface area (TPSA) is 37.3 Å². The molecular formula is C12H5F9O2. The summed E-state index contributed by atoms with van der Waals surface area (Å²) >= 11 is 0. The van der Waals surface area contributed by atoms with E-state index < -0.39 is 52.8 Å². The summed E-state index contributed by atoms with van der Waals surface area (Å²) < 4.78 is 113. The molecule has 1 rings (SSSR count). The van der Waals surface area contributed by atoms with Gasteiger partial charge in [-0.05, 0) is 18.2 Å². The Morgan fingerprint density at radius 1 is 0.913 bits per heavy atom. The number of aliphatic hydroxyl groups is 1. The average Bonchev–Trinajstić information content (AvgIpc) is 2.37. The van der Waals surface area contributed by atoms with Gasteiger partial charge in [0.15, 0.2) is 11.6 Å². The number of hydrogen-bond donors (Lipinski definition) is 1. The highest BCUT2D eigenvalue weighted by molar-refractivity contribution is 6.02. The van der Waals surface area contributed by atoms with Gasteiger partial charge in [0.05, 0.1) is 0 Å². The Kier molecular flexibility index (Phi) is 4.74. The first-order valence-corrected chi connectivity index (χ1v) is 5.44. The van der Waals surface area contributed by atoms with E-state index in [1.54, 1.807) is 0 Å². The van der Waals surface area contributed by atoms with E-state index in [4.69, 9.17) is 0 Å². The maximum absolute atomic E-state index is 13.3. The molecule has 0 saturated heterocycles. The highest BCUT2D eigenvalue weighted by Crippen LogP contribution is 2.47. The predicted molar refractivity (Wildman–Crippen MR) is 57.9 cm³/mol. The van der Waals surface area contributed by atoms with Gasteiger partial charge in [-0.3, -0.25) is 4.79 Å². The molecule has 0 saturated carbocycles. The van der Waals surface area contributed by atoms with Crippen LogP contribution in [0.3, 0.4) is 0 Å². The molecule has 0 bridgehead atoms. The summed E-state index contributed by atoms with van der Waals surface area (Å²) in [6.07, 6.45) is -14.0. The SMILES string of the molecule is O=C(/C=C(\O)c1ccc(F)c(F)c1)C(F)(C(F)(F)F)C(F)(F)F. The zero-order chi connectivity index (χ0) is 18.2. The van der Waals surface area contributed by atoms with Crippen LogP contribution in [-0.2, 0) is 4.79 Å². The van der Waals surface area contributed by atoms with Crippen LogP contribution < -0.4 is 0 Å². The van der Waals surface area contributed by atoms with Crippen LogP contribution in [0.25, 0.3) is 5.76 Å². The van der Waals surface area contributed by atoms with Crippen LogP contribution in [0.2, 0.25) is 0 Å². The minimum Gasteiger partial charge on any atom is -0.507 e. The average molecular weight is 352 g/mol. The zero-order valence-corrected chi connectivity index (χ0v) is 10.6. The Balaban J connectivity index is 3.33. The molecule has 0 amide bonds. The maximum Gasteiger partial charge on any atom is 0.439 e. The van der Waals surface area contributed by atoms with Crippen molar-refractivity contribution in [2.45, 2.75) is 18.0 Å². The van der Waals surface area contributed by atoms with Gasteiger partial charge in [0.2, 0.25) is 5.78 Å². The van der Waals surface area contributed by atoms with Crippen molar-refractivity contribution in [1.29, 1.82) is 0 Å². The second kappa shape index (κ2) is 5.78. The lowest BCUT2D eigenvalue weighted by Crippen LogP contribution is -2.58. The normalized spacial score (nSPS) is 14.0. The quantitative estimate of drug-likeness (QED) is 0.501. The minimum atomic E-state index is -6.65. The standard InChI is InChI=1S/C12H5F9O2/c13-6-2-1-5(3-7(6)14)8(22)4-9(23)10(15,11(16,17)18)12(19,20)21/h1-4,22H/b8-4-. The molecule has 11 heteroatoms. The molecule has 1 N–H and O–H groups in total. The molecular weight excluding hydrogens is 347 g/mol. The van der Waals surface area contributed by atoms with Crippen LogP contribution in [-0.4, -0.2) is 28.9 Å². The molecule has 1 aromatic carbocycles. The first-order chi connectivity index (χ1) is 10.2. The van der Waals surface area contributed by atoms with Crippen LogP contribution in [0.15, 0.2) is 24.3 Å². The first-order valence-electron chi connectivity index (χ1n) is 5.44. The number of benzene rings is 1. The van der Waals surface area contributed by atoms with Crippen LogP contribution in [0.4, 0.5) is 39.5 Å². The number of carbonyl (C=O) groups excluding carboxylic acids is 1. The second-order valence-corrected chi connectivity index (χ2v) is 4.18. The Morgan fingerprint density at radius 3 is 1.78 bits per heavy atom. The van der Waals surface area contributed by atoms with Gasteiger partial charge < -0.3 is 5.11 Å². The monoisotopic (exact) mass is 352 g/mol. The smallest absolute Gasteiger partial charge is 0.439 e. The Bertz CT molecular complexity index is 629. The lowest BCUT2D eigenvalue weighted by atomic mass is 9.97. The summed E-state index contributed by atoms with van der Waals surface area (Å²) in [6, 6.07) is 1.13. The van der Waals surface area contributed by atoms with Crippen molar-refractivity contribution >= 4 is 11.5 Å². The predicted octanol–water partition coefficient (Wildman–Crippen LogP) is 4.27. The molecule has 0 aromatic heterocycles. The zero-order valence-electron chi connectivity index (χ0n) is 10.6. The molecule has 1 aromatic rings. The van der Waals surface area contributed by atoms with E-state index in [9.17, 15) is 49.4 Å². The van der Waals surface area contributed by atoms with E-state index in [1.165, 1.54) is 0 Å². The second-order valence-electron chi connectivity index (χ2n) is 4.18. The van der Waals surface area contributed by atoms with Crippen molar-refractivity contribution < 1.29 is 49.4 Å². The Morgan fingerprint density at radius 2 is 1.39 bits per heavy atom.